The lowest BCUT2D eigenvalue weighted by atomic mass is 10.1. The van der Waals surface area contributed by atoms with Crippen LogP contribution in [0.25, 0.3) is 0 Å². The lowest BCUT2D eigenvalue weighted by molar-refractivity contribution is -0.140. The summed E-state index contributed by atoms with van der Waals surface area (Å²) in [5.74, 6) is -0.896. The molecule has 0 fully saturated rings. The minimum Gasteiger partial charge on any atom is -0.350 e. The van der Waals surface area contributed by atoms with Crippen molar-refractivity contribution in [2.45, 2.75) is 32.5 Å². The van der Waals surface area contributed by atoms with E-state index in [4.69, 9.17) is 23.2 Å². The Labute approximate surface area is 197 Å². The van der Waals surface area contributed by atoms with E-state index in [1.807, 2.05) is 18.2 Å². The van der Waals surface area contributed by atoms with Crippen LogP contribution in [0.3, 0.4) is 0 Å². The third-order valence-electron chi connectivity index (χ3n) is 5.11. The number of benzene rings is 3. The molecule has 0 spiro atoms. The van der Waals surface area contributed by atoms with Gasteiger partial charge in [0.15, 0.2) is 0 Å². The molecule has 0 aliphatic heterocycles. The summed E-state index contributed by atoms with van der Waals surface area (Å²) in [5, 5.41) is 3.98. The number of nitrogens with one attached hydrogen (secondary N) is 1. The average Bonchev–Trinajstić information content (AvgIpc) is 2.79. The molecule has 0 aromatic heterocycles. The van der Waals surface area contributed by atoms with E-state index in [9.17, 15) is 14.0 Å². The maximum atomic E-state index is 13.3. The van der Waals surface area contributed by atoms with Crippen molar-refractivity contribution in [3.8, 4) is 0 Å². The maximum Gasteiger partial charge on any atom is 0.242 e. The number of rotatable bonds is 8. The van der Waals surface area contributed by atoms with Gasteiger partial charge in [0.25, 0.3) is 0 Å². The van der Waals surface area contributed by atoms with Gasteiger partial charge in [-0.25, -0.2) is 4.39 Å². The number of hydrogen-bond acceptors (Lipinski definition) is 2. The molecule has 2 amide bonds. The van der Waals surface area contributed by atoms with E-state index >= 15 is 0 Å². The van der Waals surface area contributed by atoms with Gasteiger partial charge < -0.3 is 10.2 Å². The highest BCUT2D eigenvalue weighted by Crippen LogP contribution is 2.17. The number of carbonyl (C=O) groups excluding carboxylic acids is 2. The van der Waals surface area contributed by atoms with E-state index in [1.54, 1.807) is 49.4 Å². The Hall–Kier alpha value is -2.89. The van der Waals surface area contributed by atoms with Gasteiger partial charge in [0.05, 0.1) is 6.42 Å². The average molecular weight is 473 g/mol. The van der Waals surface area contributed by atoms with Crippen molar-refractivity contribution in [1.82, 2.24) is 10.2 Å². The minimum atomic E-state index is -0.748. The molecule has 0 unspecified atom stereocenters. The van der Waals surface area contributed by atoms with Crippen LogP contribution in [0.1, 0.15) is 23.6 Å². The summed E-state index contributed by atoms with van der Waals surface area (Å²) in [5.41, 5.74) is 2.29. The lowest BCUT2D eigenvalue weighted by Gasteiger charge is -2.29. The van der Waals surface area contributed by atoms with Gasteiger partial charge in [0.1, 0.15) is 11.9 Å². The molecule has 0 saturated carbocycles. The van der Waals surface area contributed by atoms with Crippen LogP contribution in [-0.2, 0) is 29.1 Å². The largest absolute Gasteiger partial charge is 0.350 e. The molecule has 0 radical (unpaired) electrons. The second-order valence-corrected chi connectivity index (χ2v) is 8.28. The minimum absolute atomic E-state index is 0.112. The van der Waals surface area contributed by atoms with Crippen molar-refractivity contribution in [2.24, 2.45) is 0 Å². The van der Waals surface area contributed by atoms with E-state index in [2.05, 4.69) is 5.32 Å². The van der Waals surface area contributed by atoms with E-state index < -0.39 is 6.04 Å². The number of halogens is 3. The molecular weight excluding hydrogens is 450 g/mol. The summed E-state index contributed by atoms with van der Waals surface area (Å²) in [6.45, 7) is 2.09. The molecule has 0 aliphatic rings. The third kappa shape index (κ3) is 6.55. The topological polar surface area (TPSA) is 49.4 Å². The first-order valence-electron chi connectivity index (χ1n) is 10.1. The summed E-state index contributed by atoms with van der Waals surface area (Å²) in [6, 6.07) is 19.3. The first kappa shape index (κ1) is 23.8. The molecule has 4 nitrogen and oxygen atoms in total. The fourth-order valence-corrected chi connectivity index (χ4v) is 3.55. The number of carbonyl (C=O) groups is 2. The summed E-state index contributed by atoms with van der Waals surface area (Å²) >= 11 is 12.1. The van der Waals surface area contributed by atoms with Crippen LogP contribution in [0.4, 0.5) is 4.39 Å². The summed E-state index contributed by atoms with van der Waals surface area (Å²) in [4.78, 5) is 27.5. The number of hydrogen-bond donors (Lipinski definition) is 1. The lowest BCUT2D eigenvalue weighted by Crippen LogP contribution is -2.48. The molecule has 1 N–H and O–H groups in total. The Kier molecular flexibility index (Phi) is 8.26. The zero-order valence-corrected chi connectivity index (χ0v) is 19.0. The van der Waals surface area contributed by atoms with Crippen LogP contribution in [-0.4, -0.2) is 22.8 Å². The highest BCUT2D eigenvalue weighted by Gasteiger charge is 2.26. The predicted octanol–water partition coefficient (Wildman–Crippen LogP) is 5.41. The monoisotopic (exact) mass is 472 g/mol. The summed E-state index contributed by atoms with van der Waals surface area (Å²) < 4.78 is 13.3. The van der Waals surface area contributed by atoms with Gasteiger partial charge in [-0.15, -0.1) is 0 Å². The Bertz CT molecular complexity index is 1070. The predicted molar refractivity (Wildman–Crippen MR) is 125 cm³/mol. The second kappa shape index (κ2) is 11.1. The molecule has 0 aliphatic carbocycles. The number of amides is 2. The van der Waals surface area contributed by atoms with Crippen molar-refractivity contribution >= 4 is 35.0 Å². The van der Waals surface area contributed by atoms with Gasteiger partial charge in [-0.1, -0.05) is 65.7 Å². The zero-order valence-electron chi connectivity index (χ0n) is 17.5. The Morgan fingerprint density at radius 2 is 1.56 bits per heavy atom. The second-order valence-electron chi connectivity index (χ2n) is 7.44. The molecule has 3 aromatic rings. The first-order chi connectivity index (χ1) is 15.3. The van der Waals surface area contributed by atoms with E-state index in [0.717, 1.165) is 16.7 Å². The molecule has 32 heavy (non-hydrogen) atoms. The van der Waals surface area contributed by atoms with Gasteiger partial charge >= 0.3 is 0 Å². The zero-order chi connectivity index (χ0) is 23.1. The van der Waals surface area contributed by atoms with E-state index in [0.29, 0.717) is 10.0 Å². The van der Waals surface area contributed by atoms with Crippen molar-refractivity contribution in [1.29, 1.82) is 0 Å². The Morgan fingerprint density at radius 1 is 0.938 bits per heavy atom. The quantitative estimate of drug-likeness (QED) is 0.476. The molecule has 3 rings (SSSR count). The van der Waals surface area contributed by atoms with Crippen molar-refractivity contribution in [3.05, 3.63) is 105 Å². The Balaban J connectivity index is 1.75. The molecule has 3 aromatic carbocycles. The maximum absolute atomic E-state index is 13.3. The molecular formula is C25H23Cl2FN2O2. The van der Waals surface area contributed by atoms with Crippen molar-refractivity contribution in [2.75, 3.05) is 0 Å². The van der Waals surface area contributed by atoms with E-state index in [-0.39, 0.29) is 37.1 Å². The van der Waals surface area contributed by atoms with Crippen LogP contribution < -0.4 is 5.32 Å². The summed E-state index contributed by atoms with van der Waals surface area (Å²) in [6.07, 6.45) is 0.112. The normalized spacial score (nSPS) is 11.6. The van der Waals surface area contributed by atoms with Gasteiger partial charge in [-0.3, -0.25) is 9.59 Å². The fraction of sp³-hybridized carbons (Fsp3) is 0.200. The smallest absolute Gasteiger partial charge is 0.242 e. The van der Waals surface area contributed by atoms with Crippen LogP contribution in [0.2, 0.25) is 10.0 Å². The molecule has 166 valence electrons. The SMILES string of the molecule is C[C@H](C(=O)NCc1ccccc1Cl)N(Cc1ccc(F)cc1)C(=O)Cc1ccc(Cl)cc1. The first-order valence-corrected chi connectivity index (χ1v) is 10.9. The molecule has 0 saturated heterocycles. The van der Waals surface area contributed by atoms with Crippen LogP contribution in [0.5, 0.6) is 0 Å². The van der Waals surface area contributed by atoms with Crippen molar-refractivity contribution in [3.63, 3.8) is 0 Å². The van der Waals surface area contributed by atoms with Gasteiger partial charge in [0.2, 0.25) is 11.8 Å². The molecule has 7 heteroatoms. The standard InChI is InChI=1S/C25H23Cl2FN2O2/c1-17(25(32)29-15-20-4-2-3-5-23(20)27)30(16-19-8-12-22(28)13-9-19)24(31)14-18-6-10-21(26)11-7-18/h2-13,17H,14-16H2,1H3,(H,29,32)/t17-/m1/s1. The third-order valence-corrected chi connectivity index (χ3v) is 5.73. The van der Waals surface area contributed by atoms with Crippen LogP contribution in [0, 0.1) is 5.82 Å². The van der Waals surface area contributed by atoms with Crippen LogP contribution >= 0.6 is 23.2 Å². The van der Waals surface area contributed by atoms with Gasteiger partial charge in [0, 0.05) is 23.1 Å². The number of nitrogens with zero attached hydrogens (tertiary/aromatic N) is 1. The van der Waals surface area contributed by atoms with Crippen molar-refractivity contribution < 1.29 is 14.0 Å². The Morgan fingerprint density at radius 3 is 2.22 bits per heavy atom. The van der Waals surface area contributed by atoms with E-state index in [1.165, 1.54) is 17.0 Å². The molecule has 0 heterocycles. The van der Waals surface area contributed by atoms with Crippen LogP contribution in [0.15, 0.2) is 72.8 Å². The fourth-order valence-electron chi connectivity index (χ4n) is 3.22. The molecule has 0 bridgehead atoms. The highest BCUT2D eigenvalue weighted by molar-refractivity contribution is 6.31. The van der Waals surface area contributed by atoms with Gasteiger partial charge in [-0.05, 0) is 53.9 Å². The highest BCUT2D eigenvalue weighted by atomic mass is 35.5. The summed E-state index contributed by atoms with van der Waals surface area (Å²) in [7, 11) is 0. The molecule has 1 atom stereocenters. The van der Waals surface area contributed by atoms with Gasteiger partial charge in [-0.2, -0.15) is 0 Å².